The van der Waals surface area contributed by atoms with E-state index >= 15 is 0 Å². The molecule has 162 valence electrons. The second-order valence-electron chi connectivity index (χ2n) is 7.03. The Hall–Kier alpha value is -4.27. The molecule has 3 N–H and O–H groups in total. The number of aromatic amines is 1. The molecule has 0 radical (unpaired) electrons. The van der Waals surface area contributed by atoms with Crippen molar-refractivity contribution in [1.82, 2.24) is 20.6 Å². The van der Waals surface area contributed by atoms with E-state index in [4.69, 9.17) is 14.9 Å². The summed E-state index contributed by atoms with van der Waals surface area (Å²) < 4.78 is 11.5. The van der Waals surface area contributed by atoms with Crippen LogP contribution < -0.4 is 15.9 Å². The molecule has 2 heterocycles. The summed E-state index contributed by atoms with van der Waals surface area (Å²) in [5.74, 6) is 0.422. The quantitative estimate of drug-likeness (QED) is 0.319. The fourth-order valence-electron chi connectivity index (χ4n) is 3.20. The van der Waals surface area contributed by atoms with Gasteiger partial charge in [0.15, 0.2) is 11.5 Å². The van der Waals surface area contributed by atoms with Gasteiger partial charge in [-0.05, 0) is 53.2 Å². The number of nitrogens with two attached hydrogens (primary N) is 1. The van der Waals surface area contributed by atoms with Crippen LogP contribution in [0.1, 0.15) is 35.7 Å². The molecule has 32 heavy (non-hydrogen) atoms. The van der Waals surface area contributed by atoms with Crippen LogP contribution in [-0.2, 0) is 0 Å². The highest BCUT2D eigenvalue weighted by molar-refractivity contribution is 6.15. The number of rotatable bonds is 8. The molecule has 0 saturated carbocycles. The van der Waals surface area contributed by atoms with Crippen LogP contribution in [0, 0.1) is 0 Å². The van der Waals surface area contributed by atoms with E-state index in [9.17, 15) is 9.59 Å². The second-order valence-corrected chi connectivity index (χ2v) is 7.03. The molecule has 0 fully saturated rings. The van der Waals surface area contributed by atoms with Crippen molar-refractivity contribution in [3.05, 3.63) is 76.0 Å². The Labute approximate surface area is 182 Å². The number of carbonyl (C=O) groups is 1. The van der Waals surface area contributed by atoms with E-state index in [0.29, 0.717) is 17.9 Å². The van der Waals surface area contributed by atoms with Crippen LogP contribution in [0.25, 0.3) is 22.6 Å². The summed E-state index contributed by atoms with van der Waals surface area (Å²) in [5.41, 5.74) is 6.09. The van der Waals surface area contributed by atoms with Crippen LogP contribution in [0.2, 0.25) is 0 Å². The van der Waals surface area contributed by atoms with Crippen LogP contribution in [0.4, 0.5) is 5.69 Å². The molecule has 0 unspecified atom stereocenters. The first-order valence-electron chi connectivity index (χ1n) is 10.1. The fraction of sp³-hybridized carbons (Fsp3) is 0.174. The van der Waals surface area contributed by atoms with Crippen molar-refractivity contribution in [1.29, 1.82) is 0 Å². The number of nitrogen functional groups attached to an aromatic ring is 1. The number of hydrogen-bond acceptors (Lipinski definition) is 8. The maximum atomic E-state index is 13.2. The predicted octanol–water partition coefficient (Wildman–Crippen LogP) is 3.52. The molecule has 0 aliphatic rings. The predicted molar refractivity (Wildman–Crippen MR) is 119 cm³/mol. The number of anilines is 1. The van der Waals surface area contributed by atoms with Crippen molar-refractivity contribution in [3.8, 4) is 17.3 Å². The standard InChI is InChI=1S/C23H21N5O4/c1-2-3-4-5-13-31-15-11-9-14(10-12-15)19(29)16-7-6-8-17-20(30)18(24)22(32-21(16)17)23-25-27-28-26-23/h4-12H,2-3,13,24H2,1H3,(H,25,26,27,28)/b5-4+. The first kappa shape index (κ1) is 21.0. The third-order valence-corrected chi connectivity index (χ3v) is 4.84. The normalized spacial score (nSPS) is 11.3. The number of hydrogen-bond donors (Lipinski definition) is 2. The van der Waals surface area contributed by atoms with E-state index < -0.39 is 5.43 Å². The number of para-hydroxylation sites is 1. The maximum absolute atomic E-state index is 13.2. The lowest BCUT2D eigenvalue weighted by Crippen LogP contribution is -2.12. The Bertz CT molecular complexity index is 1330. The maximum Gasteiger partial charge on any atom is 0.217 e. The molecular weight excluding hydrogens is 410 g/mol. The van der Waals surface area contributed by atoms with E-state index in [1.54, 1.807) is 42.5 Å². The highest BCUT2D eigenvalue weighted by Gasteiger charge is 2.21. The van der Waals surface area contributed by atoms with Gasteiger partial charge in [0, 0.05) is 5.56 Å². The molecule has 0 atom stereocenters. The molecule has 2 aromatic heterocycles. The average molecular weight is 431 g/mol. The van der Waals surface area contributed by atoms with Gasteiger partial charge < -0.3 is 14.9 Å². The Kier molecular flexibility index (Phi) is 6.07. The number of ether oxygens (including phenoxy) is 1. The van der Waals surface area contributed by atoms with Gasteiger partial charge in [-0.3, -0.25) is 9.59 Å². The van der Waals surface area contributed by atoms with E-state index in [0.717, 1.165) is 12.8 Å². The van der Waals surface area contributed by atoms with Crippen molar-refractivity contribution >= 4 is 22.4 Å². The molecule has 4 aromatic rings. The number of fused-ring (bicyclic) bond motifs is 1. The minimum absolute atomic E-state index is 0.0207. The molecule has 0 bridgehead atoms. The Morgan fingerprint density at radius 2 is 2.00 bits per heavy atom. The van der Waals surface area contributed by atoms with Crippen molar-refractivity contribution in [2.24, 2.45) is 0 Å². The Morgan fingerprint density at radius 1 is 1.19 bits per heavy atom. The van der Waals surface area contributed by atoms with E-state index in [1.165, 1.54) is 0 Å². The number of aromatic nitrogens is 4. The summed E-state index contributed by atoms with van der Waals surface area (Å²) in [6, 6.07) is 11.6. The van der Waals surface area contributed by atoms with Crippen LogP contribution in [-0.4, -0.2) is 33.0 Å². The number of tetrazole rings is 1. The number of unbranched alkanes of at least 4 members (excludes halogenated alkanes) is 1. The molecule has 4 rings (SSSR count). The molecule has 2 aromatic carbocycles. The van der Waals surface area contributed by atoms with Gasteiger partial charge in [-0.2, -0.15) is 0 Å². The molecule has 9 heteroatoms. The molecular formula is C23H21N5O4. The van der Waals surface area contributed by atoms with Gasteiger partial charge in [0.05, 0.1) is 10.9 Å². The monoisotopic (exact) mass is 431 g/mol. The van der Waals surface area contributed by atoms with Gasteiger partial charge in [-0.1, -0.05) is 31.6 Å². The number of carbonyl (C=O) groups excluding carboxylic acids is 1. The first-order valence-corrected chi connectivity index (χ1v) is 10.1. The summed E-state index contributed by atoms with van der Waals surface area (Å²) in [6.07, 6.45) is 6.14. The Morgan fingerprint density at radius 3 is 2.72 bits per heavy atom. The smallest absolute Gasteiger partial charge is 0.217 e. The lowest BCUT2D eigenvalue weighted by Gasteiger charge is -2.09. The summed E-state index contributed by atoms with van der Waals surface area (Å²) in [5, 5.41) is 13.4. The molecule has 0 saturated heterocycles. The van der Waals surface area contributed by atoms with Crippen LogP contribution in [0.5, 0.6) is 5.75 Å². The van der Waals surface area contributed by atoms with Gasteiger partial charge in [-0.15, -0.1) is 5.10 Å². The third kappa shape index (κ3) is 4.13. The van der Waals surface area contributed by atoms with Gasteiger partial charge in [0.25, 0.3) is 0 Å². The zero-order valence-corrected chi connectivity index (χ0v) is 17.4. The van der Waals surface area contributed by atoms with Crippen LogP contribution in [0.3, 0.4) is 0 Å². The Balaban J connectivity index is 1.66. The van der Waals surface area contributed by atoms with Crippen molar-refractivity contribution in [2.45, 2.75) is 19.8 Å². The van der Waals surface area contributed by atoms with Crippen molar-refractivity contribution in [2.75, 3.05) is 12.3 Å². The largest absolute Gasteiger partial charge is 0.490 e. The van der Waals surface area contributed by atoms with E-state index in [2.05, 4.69) is 33.6 Å². The molecule has 0 aliphatic carbocycles. The van der Waals surface area contributed by atoms with E-state index in [1.807, 2.05) is 6.08 Å². The summed E-state index contributed by atoms with van der Waals surface area (Å²) in [6.45, 7) is 2.58. The zero-order chi connectivity index (χ0) is 22.5. The molecule has 0 amide bonds. The zero-order valence-electron chi connectivity index (χ0n) is 17.4. The first-order chi connectivity index (χ1) is 15.6. The number of ketones is 1. The van der Waals surface area contributed by atoms with Gasteiger partial charge in [0.1, 0.15) is 23.6 Å². The SMILES string of the molecule is CCC/C=C/COc1ccc(C(=O)c2cccc3c(=O)c(N)c(-c4nnn[nH]4)oc23)cc1. The second kappa shape index (κ2) is 9.25. The van der Waals surface area contributed by atoms with Gasteiger partial charge in [-0.25, -0.2) is 5.10 Å². The van der Waals surface area contributed by atoms with Gasteiger partial charge >= 0.3 is 0 Å². The number of H-pyrrole nitrogens is 1. The minimum Gasteiger partial charge on any atom is -0.490 e. The number of nitrogens with zero attached hydrogens (tertiary/aromatic N) is 3. The minimum atomic E-state index is -0.466. The topological polar surface area (TPSA) is 137 Å². The fourth-order valence-corrected chi connectivity index (χ4v) is 3.20. The van der Waals surface area contributed by atoms with Crippen LogP contribution in [0.15, 0.2) is 63.8 Å². The number of allylic oxidation sites excluding steroid dienone is 1. The van der Waals surface area contributed by atoms with Crippen molar-refractivity contribution < 1.29 is 13.9 Å². The summed E-state index contributed by atoms with van der Waals surface area (Å²) >= 11 is 0. The van der Waals surface area contributed by atoms with Crippen LogP contribution >= 0.6 is 0 Å². The lowest BCUT2D eigenvalue weighted by atomic mass is 10.0. The molecule has 9 nitrogen and oxygen atoms in total. The van der Waals surface area contributed by atoms with Crippen molar-refractivity contribution in [3.63, 3.8) is 0 Å². The highest BCUT2D eigenvalue weighted by Crippen LogP contribution is 2.28. The summed E-state index contributed by atoms with van der Waals surface area (Å²) in [4.78, 5) is 26.0. The van der Waals surface area contributed by atoms with E-state index in [-0.39, 0.29) is 39.6 Å². The molecule has 0 aliphatic heterocycles. The molecule has 0 spiro atoms. The highest BCUT2D eigenvalue weighted by atomic mass is 16.5. The van der Waals surface area contributed by atoms with Gasteiger partial charge in [0.2, 0.25) is 11.3 Å². The average Bonchev–Trinajstić information content (AvgIpc) is 3.35. The number of benzene rings is 2. The number of nitrogens with one attached hydrogen (secondary N) is 1. The summed E-state index contributed by atoms with van der Waals surface area (Å²) in [7, 11) is 0. The lowest BCUT2D eigenvalue weighted by molar-refractivity contribution is 0.103. The third-order valence-electron chi connectivity index (χ3n) is 4.84.